The molecule has 1 rings (SSSR count). The van der Waals surface area contributed by atoms with Crippen molar-refractivity contribution < 1.29 is 33.4 Å². The second-order valence-corrected chi connectivity index (χ2v) is 10.8. The molecule has 0 fully saturated rings. The van der Waals surface area contributed by atoms with E-state index in [9.17, 15) is 19.2 Å². The Labute approximate surface area is 225 Å². The van der Waals surface area contributed by atoms with Crippen LogP contribution in [-0.2, 0) is 25.6 Å². The zero-order chi connectivity index (χ0) is 28.6. The second-order valence-electron chi connectivity index (χ2n) is 10.8. The molecule has 11 nitrogen and oxygen atoms in total. The fourth-order valence-corrected chi connectivity index (χ4v) is 3.16. The molecule has 0 aliphatic rings. The van der Waals surface area contributed by atoms with E-state index < -0.39 is 35.5 Å². The van der Waals surface area contributed by atoms with Crippen LogP contribution in [0, 0.1) is 0 Å². The van der Waals surface area contributed by atoms with Crippen LogP contribution in [0.1, 0.15) is 72.8 Å². The number of hydrogen-bond acceptors (Lipinski definition) is 7. The van der Waals surface area contributed by atoms with Gasteiger partial charge in [-0.2, -0.15) is 0 Å². The summed E-state index contributed by atoms with van der Waals surface area (Å²) < 4.78 is 15.6. The van der Waals surface area contributed by atoms with Crippen LogP contribution in [0.5, 0.6) is 0 Å². The number of unbranched alkanes of at least 4 members (excludes halogenated alkanes) is 1. The second kappa shape index (κ2) is 16.4. The third-order valence-corrected chi connectivity index (χ3v) is 4.73. The van der Waals surface area contributed by atoms with Crippen molar-refractivity contribution in [3.63, 3.8) is 0 Å². The van der Waals surface area contributed by atoms with E-state index in [2.05, 4.69) is 21.3 Å². The first-order chi connectivity index (χ1) is 17.7. The molecule has 0 radical (unpaired) electrons. The first-order valence-corrected chi connectivity index (χ1v) is 12.9. The van der Waals surface area contributed by atoms with Gasteiger partial charge < -0.3 is 35.5 Å². The molecule has 4 amide bonds. The van der Waals surface area contributed by atoms with E-state index in [1.165, 1.54) is 0 Å². The molecule has 1 atom stereocenters. The van der Waals surface area contributed by atoms with E-state index in [0.29, 0.717) is 25.8 Å². The fraction of sp³-hybridized carbons (Fsp3) is 0.630. The quantitative estimate of drug-likeness (QED) is 0.220. The van der Waals surface area contributed by atoms with Crippen molar-refractivity contribution in [2.75, 3.05) is 19.6 Å². The molecule has 0 aromatic heterocycles. The van der Waals surface area contributed by atoms with Gasteiger partial charge in [-0.1, -0.05) is 30.3 Å². The molecular weight excluding hydrogens is 492 g/mol. The largest absolute Gasteiger partial charge is 0.445 e. The van der Waals surface area contributed by atoms with Gasteiger partial charge in [-0.25, -0.2) is 14.4 Å². The molecule has 0 unspecified atom stereocenters. The lowest BCUT2D eigenvalue weighted by Gasteiger charge is -2.23. The summed E-state index contributed by atoms with van der Waals surface area (Å²) >= 11 is 0. The van der Waals surface area contributed by atoms with Crippen molar-refractivity contribution in [2.24, 2.45) is 0 Å². The number of ether oxygens (including phenoxy) is 3. The highest BCUT2D eigenvalue weighted by Gasteiger charge is 2.21. The van der Waals surface area contributed by atoms with E-state index >= 15 is 0 Å². The molecule has 0 heterocycles. The molecule has 0 spiro atoms. The van der Waals surface area contributed by atoms with Gasteiger partial charge in [0.25, 0.3) is 0 Å². The fourth-order valence-electron chi connectivity index (χ4n) is 3.16. The molecule has 1 aromatic rings. The highest BCUT2D eigenvalue weighted by Crippen LogP contribution is 2.10. The van der Waals surface area contributed by atoms with Gasteiger partial charge in [0.2, 0.25) is 5.91 Å². The van der Waals surface area contributed by atoms with Crippen LogP contribution in [0.25, 0.3) is 0 Å². The third kappa shape index (κ3) is 17.9. The van der Waals surface area contributed by atoms with Crippen LogP contribution < -0.4 is 21.3 Å². The Morgan fingerprint density at radius 3 is 1.95 bits per heavy atom. The molecule has 0 bridgehead atoms. The van der Waals surface area contributed by atoms with Crippen molar-refractivity contribution in [3.8, 4) is 0 Å². The highest BCUT2D eigenvalue weighted by atomic mass is 16.6. The van der Waals surface area contributed by atoms with Gasteiger partial charge in [0, 0.05) is 32.1 Å². The molecule has 0 aliphatic heterocycles. The average molecular weight is 537 g/mol. The highest BCUT2D eigenvalue weighted by molar-refractivity contribution is 5.77. The lowest BCUT2D eigenvalue weighted by Crippen LogP contribution is -2.43. The molecule has 1 aromatic carbocycles. The third-order valence-electron chi connectivity index (χ3n) is 4.73. The summed E-state index contributed by atoms with van der Waals surface area (Å²) in [5.41, 5.74) is -0.377. The number of nitrogens with one attached hydrogen (secondary N) is 4. The van der Waals surface area contributed by atoms with Gasteiger partial charge in [-0.15, -0.1) is 0 Å². The minimum atomic E-state index is -0.672. The summed E-state index contributed by atoms with van der Waals surface area (Å²) in [4.78, 5) is 48.3. The van der Waals surface area contributed by atoms with Crippen LogP contribution in [0.3, 0.4) is 0 Å². The first-order valence-electron chi connectivity index (χ1n) is 12.9. The molecular formula is C27H44N4O7. The summed E-state index contributed by atoms with van der Waals surface area (Å²) in [5.74, 6) is -0.278. The topological polar surface area (TPSA) is 144 Å². The molecule has 0 saturated heterocycles. The predicted molar refractivity (Wildman–Crippen MR) is 144 cm³/mol. The molecule has 11 heteroatoms. The van der Waals surface area contributed by atoms with Crippen LogP contribution >= 0.6 is 0 Å². The van der Waals surface area contributed by atoms with E-state index in [1.807, 2.05) is 30.3 Å². The maximum atomic E-state index is 12.4. The Bertz CT molecular complexity index is 880. The Hall–Kier alpha value is -3.50. The number of alkyl carbamates (subject to hydrolysis) is 3. The van der Waals surface area contributed by atoms with Crippen LogP contribution in [0.15, 0.2) is 30.3 Å². The summed E-state index contributed by atoms with van der Waals surface area (Å²) in [6.45, 7) is 11.6. The Kier molecular flexibility index (Phi) is 14.0. The number of carbonyl (C=O) groups is 4. The maximum Gasteiger partial charge on any atom is 0.407 e. The number of benzene rings is 1. The monoisotopic (exact) mass is 536 g/mol. The molecule has 38 heavy (non-hydrogen) atoms. The van der Waals surface area contributed by atoms with Gasteiger partial charge in [0.15, 0.2) is 0 Å². The van der Waals surface area contributed by atoms with Crippen LogP contribution in [0.4, 0.5) is 14.4 Å². The normalized spacial score (nSPS) is 12.1. The van der Waals surface area contributed by atoms with Gasteiger partial charge in [0.05, 0.1) is 0 Å². The Morgan fingerprint density at radius 1 is 0.737 bits per heavy atom. The maximum absolute atomic E-state index is 12.4. The molecule has 0 aliphatic carbocycles. The average Bonchev–Trinajstić information content (AvgIpc) is 2.78. The van der Waals surface area contributed by atoms with Gasteiger partial charge in [-0.3, -0.25) is 4.79 Å². The minimum absolute atomic E-state index is 0.0399. The van der Waals surface area contributed by atoms with E-state index in [0.717, 1.165) is 5.56 Å². The summed E-state index contributed by atoms with van der Waals surface area (Å²) in [5, 5.41) is 10.7. The van der Waals surface area contributed by atoms with Crippen molar-refractivity contribution in [2.45, 2.75) is 91.1 Å². The lowest BCUT2D eigenvalue weighted by atomic mass is 10.1. The molecule has 4 N–H and O–H groups in total. The van der Waals surface area contributed by atoms with Crippen molar-refractivity contribution in [1.82, 2.24) is 21.3 Å². The van der Waals surface area contributed by atoms with E-state index in [4.69, 9.17) is 14.2 Å². The SMILES string of the molecule is CC(C)(C)OC(=O)NCCNC(=O)C[C@H](CCCCNC(=O)OCc1ccccc1)NC(=O)OC(C)(C)C. The van der Waals surface area contributed by atoms with E-state index in [1.54, 1.807) is 41.5 Å². The molecule has 0 saturated carbocycles. The van der Waals surface area contributed by atoms with Crippen LogP contribution in [-0.4, -0.2) is 61.1 Å². The van der Waals surface area contributed by atoms with Crippen LogP contribution in [0.2, 0.25) is 0 Å². The summed E-state index contributed by atoms with van der Waals surface area (Å²) in [6.07, 6.45) is 0.151. The summed E-state index contributed by atoms with van der Waals surface area (Å²) in [6, 6.07) is 8.92. The van der Waals surface area contributed by atoms with Crippen molar-refractivity contribution in [3.05, 3.63) is 35.9 Å². The first kappa shape index (κ1) is 32.5. The minimum Gasteiger partial charge on any atom is -0.445 e. The zero-order valence-corrected chi connectivity index (χ0v) is 23.5. The zero-order valence-electron chi connectivity index (χ0n) is 23.5. The summed E-state index contributed by atoms with van der Waals surface area (Å²) in [7, 11) is 0. The Balaban J connectivity index is 2.40. The Morgan fingerprint density at radius 2 is 1.32 bits per heavy atom. The van der Waals surface area contributed by atoms with E-state index in [-0.39, 0.29) is 32.0 Å². The lowest BCUT2D eigenvalue weighted by molar-refractivity contribution is -0.121. The van der Waals surface area contributed by atoms with Crippen molar-refractivity contribution in [1.29, 1.82) is 0 Å². The number of hydrogen-bond donors (Lipinski definition) is 4. The number of rotatable bonds is 13. The smallest absolute Gasteiger partial charge is 0.407 e. The van der Waals surface area contributed by atoms with Gasteiger partial charge in [-0.05, 0) is 66.4 Å². The molecule has 214 valence electrons. The van der Waals surface area contributed by atoms with Gasteiger partial charge >= 0.3 is 18.3 Å². The predicted octanol–water partition coefficient (Wildman–Crippen LogP) is 4.01. The standard InChI is InChI=1S/C27H44N4O7/c1-26(2,3)37-24(34)30-17-16-28-22(32)18-21(31-25(35)38-27(4,5)6)14-10-11-15-29-23(33)36-19-20-12-8-7-9-13-20/h7-9,12-13,21H,10-11,14-19H2,1-6H3,(H,28,32)(H,29,33)(H,30,34)(H,31,35)/t21-/m0/s1. The number of carbonyl (C=O) groups excluding carboxylic acids is 4. The number of amides is 4. The van der Waals surface area contributed by atoms with Gasteiger partial charge in [0.1, 0.15) is 17.8 Å². The van der Waals surface area contributed by atoms with Crippen molar-refractivity contribution >= 4 is 24.2 Å².